The van der Waals surface area contributed by atoms with Crippen molar-refractivity contribution >= 4 is 11.5 Å². The zero-order valence-electron chi connectivity index (χ0n) is 14.1. The molecule has 0 radical (unpaired) electrons. The zero-order chi connectivity index (χ0) is 17.6. The first-order valence-corrected chi connectivity index (χ1v) is 8.16. The van der Waals surface area contributed by atoms with Gasteiger partial charge in [-0.2, -0.15) is 10.4 Å². The predicted molar refractivity (Wildman–Crippen MR) is 93.5 cm³/mol. The molecule has 1 fully saturated rings. The maximum atomic E-state index is 11.7. The van der Waals surface area contributed by atoms with Crippen LogP contribution in [0.2, 0.25) is 0 Å². The van der Waals surface area contributed by atoms with Crippen molar-refractivity contribution in [2.45, 2.75) is 12.5 Å². The van der Waals surface area contributed by atoms with Crippen molar-refractivity contribution in [1.29, 1.82) is 5.26 Å². The van der Waals surface area contributed by atoms with E-state index in [9.17, 15) is 4.79 Å². The molecule has 0 unspecified atom stereocenters. The van der Waals surface area contributed by atoms with Gasteiger partial charge in [0.2, 0.25) is 0 Å². The Morgan fingerprint density at radius 1 is 1.48 bits per heavy atom. The molecule has 8 heteroatoms. The van der Waals surface area contributed by atoms with E-state index >= 15 is 0 Å². The average Bonchev–Trinajstić information content (AvgIpc) is 2.64. The van der Waals surface area contributed by atoms with E-state index in [4.69, 9.17) is 10.00 Å². The molecule has 3 heterocycles. The number of aromatic nitrogens is 3. The Bertz CT molecular complexity index is 828. The van der Waals surface area contributed by atoms with Gasteiger partial charge in [0.25, 0.3) is 5.56 Å². The first-order chi connectivity index (χ1) is 12.2. The van der Waals surface area contributed by atoms with Crippen molar-refractivity contribution in [2.75, 3.05) is 36.5 Å². The molecular formula is C17H20N6O2. The molecule has 8 nitrogen and oxygen atoms in total. The summed E-state index contributed by atoms with van der Waals surface area (Å²) in [7, 11) is 1.63. The third-order valence-electron chi connectivity index (χ3n) is 4.09. The number of nitrogens with one attached hydrogen (secondary N) is 1. The van der Waals surface area contributed by atoms with E-state index in [1.54, 1.807) is 31.4 Å². The van der Waals surface area contributed by atoms with Gasteiger partial charge < -0.3 is 15.0 Å². The highest BCUT2D eigenvalue weighted by atomic mass is 16.5. The molecule has 2 aromatic heterocycles. The minimum atomic E-state index is -0.120. The van der Waals surface area contributed by atoms with Crippen molar-refractivity contribution in [3.8, 4) is 6.07 Å². The first kappa shape index (κ1) is 16.9. The summed E-state index contributed by atoms with van der Waals surface area (Å²) in [6.45, 7) is 2.75. The van der Waals surface area contributed by atoms with Crippen LogP contribution in [0.5, 0.6) is 0 Å². The molecule has 2 aromatic rings. The van der Waals surface area contributed by atoms with E-state index in [1.165, 1.54) is 4.68 Å². The van der Waals surface area contributed by atoms with Gasteiger partial charge in [0.15, 0.2) is 0 Å². The van der Waals surface area contributed by atoms with Gasteiger partial charge in [0.1, 0.15) is 17.6 Å². The number of morpholine rings is 1. The number of aryl methyl sites for hydroxylation is 1. The minimum Gasteiger partial charge on any atom is -0.374 e. The summed E-state index contributed by atoms with van der Waals surface area (Å²) in [4.78, 5) is 18.1. The molecule has 1 aliphatic heterocycles. The van der Waals surface area contributed by atoms with Gasteiger partial charge in [-0.1, -0.05) is 6.07 Å². The van der Waals surface area contributed by atoms with Gasteiger partial charge in [0, 0.05) is 32.7 Å². The molecule has 0 spiro atoms. The second-order valence-corrected chi connectivity index (χ2v) is 5.85. The summed E-state index contributed by atoms with van der Waals surface area (Å²) in [6.07, 6.45) is 2.57. The monoisotopic (exact) mass is 340 g/mol. The van der Waals surface area contributed by atoms with Gasteiger partial charge in [-0.05, 0) is 18.6 Å². The zero-order valence-corrected chi connectivity index (χ0v) is 14.1. The van der Waals surface area contributed by atoms with Crippen molar-refractivity contribution < 1.29 is 4.74 Å². The largest absolute Gasteiger partial charge is 0.374 e. The van der Waals surface area contributed by atoms with Gasteiger partial charge in [-0.25, -0.2) is 9.67 Å². The number of hydrogen-bond acceptors (Lipinski definition) is 7. The maximum absolute atomic E-state index is 11.7. The summed E-state index contributed by atoms with van der Waals surface area (Å²) in [6, 6.07) is 8.93. The highest BCUT2D eigenvalue weighted by Gasteiger charge is 2.21. The van der Waals surface area contributed by atoms with E-state index < -0.39 is 0 Å². The molecule has 25 heavy (non-hydrogen) atoms. The quantitative estimate of drug-likeness (QED) is 0.858. The summed E-state index contributed by atoms with van der Waals surface area (Å²) >= 11 is 0. The van der Waals surface area contributed by atoms with Crippen LogP contribution in [0.1, 0.15) is 12.1 Å². The van der Waals surface area contributed by atoms with Crippen LogP contribution in [-0.2, 0) is 11.8 Å². The van der Waals surface area contributed by atoms with Crippen LogP contribution < -0.4 is 15.8 Å². The van der Waals surface area contributed by atoms with Crippen LogP contribution in [0.4, 0.5) is 11.5 Å². The molecule has 1 atom stereocenters. The van der Waals surface area contributed by atoms with Crippen molar-refractivity contribution in [2.24, 2.45) is 7.05 Å². The van der Waals surface area contributed by atoms with E-state index in [-0.39, 0.29) is 11.7 Å². The average molecular weight is 340 g/mol. The number of ether oxygens (including phenoxy) is 1. The second kappa shape index (κ2) is 7.77. The predicted octanol–water partition coefficient (Wildman–Crippen LogP) is 0.754. The number of rotatable bonds is 5. The number of pyridine rings is 1. The fourth-order valence-corrected chi connectivity index (χ4v) is 2.72. The van der Waals surface area contributed by atoms with Crippen LogP contribution >= 0.6 is 0 Å². The van der Waals surface area contributed by atoms with Gasteiger partial charge >= 0.3 is 0 Å². The Balaban J connectivity index is 1.54. The van der Waals surface area contributed by atoms with E-state index in [1.807, 2.05) is 12.1 Å². The van der Waals surface area contributed by atoms with E-state index in [0.29, 0.717) is 31.2 Å². The number of anilines is 2. The second-order valence-electron chi connectivity index (χ2n) is 5.85. The van der Waals surface area contributed by atoms with E-state index in [2.05, 4.69) is 20.3 Å². The lowest BCUT2D eigenvalue weighted by atomic mass is 10.2. The fourth-order valence-electron chi connectivity index (χ4n) is 2.72. The molecule has 0 aliphatic carbocycles. The standard InChI is InChI=1S/C17H20N6O2/c1-22-17(24)9-14(11-20-22)23-7-8-25-15(12-23)5-6-19-16-4-2-3-13(10-18)21-16/h2-4,9,11,15H,5-8,12H2,1H3,(H,19,21)/t15-/m1/s1. The fraction of sp³-hybridized carbons (Fsp3) is 0.412. The highest BCUT2D eigenvalue weighted by Crippen LogP contribution is 2.16. The summed E-state index contributed by atoms with van der Waals surface area (Å²) < 4.78 is 7.12. The molecule has 0 saturated carbocycles. The van der Waals surface area contributed by atoms with Gasteiger partial charge in [-0.15, -0.1) is 0 Å². The third kappa shape index (κ3) is 4.33. The molecule has 1 aliphatic rings. The van der Waals surface area contributed by atoms with Gasteiger partial charge in [0.05, 0.1) is 24.6 Å². The lowest BCUT2D eigenvalue weighted by molar-refractivity contribution is 0.0374. The highest BCUT2D eigenvalue weighted by molar-refractivity contribution is 5.43. The SMILES string of the molecule is Cn1ncc(N2CCO[C@H](CCNc3cccc(C#N)n3)C2)cc1=O. The summed E-state index contributed by atoms with van der Waals surface area (Å²) in [5, 5.41) is 16.2. The molecule has 3 rings (SSSR count). The molecule has 1 saturated heterocycles. The van der Waals surface area contributed by atoms with Crippen LogP contribution in [0.15, 0.2) is 35.3 Å². The topological polar surface area (TPSA) is 96.1 Å². The van der Waals surface area contributed by atoms with Crippen LogP contribution in [0.3, 0.4) is 0 Å². The summed E-state index contributed by atoms with van der Waals surface area (Å²) in [5.74, 6) is 0.683. The van der Waals surface area contributed by atoms with Gasteiger partial charge in [-0.3, -0.25) is 4.79 Å². The molecule has 130 valence electrons. The van der Waals surface area contributed by atoms with E-state index in [0.717, 1.165) is 18.7 Å². The Kier molecular flexibility index (Phi) is 5.26. The van der Waals surface area contributed by atoms with Crippen molar-refractivity contribution in [3.05, 3.63) is 46.5 Å². The Morgan fingerprint density at radius 3 is 3.16 bits per heavy atom. The van der Waals surface area contributed by atoms with Crippen LogP contribution in [0.25, 0.3) is 0 Å². The molecule has 0 aromatic carbocycles. The van der Waals surface area contributed by atoms with Crippen molar-refractivity contribution in [1.82, 2.24) is 14.8 Å². The Hall–Kier alpha value is -2.92. The lowest BCUT2D eigenvalue weighted by Gasteiger charge is -2.34. The van der Waals surface area contributed by atoms with Crippen LogP contribution in [-0.4, -0.2) is 47.1 Å². The first-order valence-electron chi connectivity index (χ1n) is 8.16. The third-order valence-corrected chi connectivity index (χ3v) is 4.09. The molecule has 0 amide bonds. The molecule has 1 N–H and O–H groups in total. The Labute approximate surface area is 145 Å². The summed E-state index contributed by atoms with van der Waals surface area (Å²) in [5.41, 5.74) is 1.10. The van der Waals surface area contributed by atoms with Crippen LogP contribution in [0, 0.1) is 11.3 Å². The minimum absolute atomic E-state index is 0.0597. The molecular weight excluding hydrogens is 320 g/mol. The smallest absolute Gasteiger partial charge is 0.268 e. The number of nitriles is 1. The maximum Gasteiger partial charge on any atom is 0.268 e. The number of nitrogens with zero attached hydrogens (tertiary/aromatic N) is 5. The number of hydrogen-bond donors (Lipinski definition) is 1. The normalized spacial score (nSPS) is 17.1. The Morgan fingerprint density at radius 2 is 2.36 bits per heavy atom. The molecule has 0 bridgehead atoms. The van der Waals surface area contributed by atoms with Crippen molar-refractivity contribution in [3.63, 3.8) is 0 Å². The lowest BCUT2D eigenvalue weighted by Crippen LogP contribution is -2.43.